The van der Waals surface area contributed by atoms with Crippen molar-refractivity contribution in [1.29, 1.82) is 0 Å². The Kier molecular flexibility index (Phi) is 4.67. The Labute approximate surface area is 142 Å². The Bertz CT molecular complexity index is 667. The van der Waals surface area contributed by atoms with Gasteiger partial charge >= 0.3 is 0 Å². The molecule has 0 unspecified atom stereocenters. The van der Waals surface area contributed by atoms with E-state index in [4.69, 9.17) is 0 Å². The highest BCUT2D eigenvalue weighted by Gasteiger charge is 2.20. The first-order valence-electron chi connectivity index (χ1n) is 8.78. The van der Waals surface area contributed by atoms with Crippen molar-refractivity contribution in [3.63, 3.8) is 0 Å². The van der Waals surface area contributed by atoms with Crippen molar-refractivity contribution in [3.8, 4) is 0 Å². The zero-order valence-corrected chi connectivity index (χ0v) is 14.3. The van der Waals surface area contributed by atoms with E-state index in [0.29, 0.717) is 6.04 Å². The molecule has 0 fully saturated rings. The van der Waals surface area contributed by atoms with Crippen LogP contribution in [-0.4, -0.2) is 27.1 Å². The SMILES string of the molecule is c1ccc2c(c1)SCC[C@H]2NCCc1nnc2n1CCCCC2. The Balaban J connectivity index is 1.39. The summed E-state index contributed by atoms with van der Waals surface area (Å²) in [6, 6.07) is 9.28. The number of aryl methyl sites for hydroxylation is 1. The number of fused-ring (bicyclic) bond motifs is 2. The molecule has 122 valence electrons. The number of hydrogen-bond donors (Lipinski definition) is 1. The fourth-order valence-electron chi connectivity index (χ4n) is 3.64. The summed E-state index contributed by atoms with van der Waals surface area (Å²) in [5, 5.41) is 12.6. The number of benzene rings is 1. The maximum atomic E-state index is 4.44. The van der Waals surface area contributed by atoms with Gasteiger partial charge in [-0.1, -0.05) is 24.6 Å². The molecular weight excluding hydrogens is 304 g/mol. The van der Waals surface area contributed by atoms with Gasteiger partial charge in [0.2, 0.25) is 0 Å². The second kappa shape index (κ2) is 7.05. The van der Waals surface area contributed by atoms with E-state index in [9.17, 15) is 0 Å². The van der Waals surface area contributed by atoms with Gasteiger partial charge < -0.3 is 9.88 Å². The lowest BCUT2D eigenvalue weighted by Crippen LogP contribution is -2.27. The van der Waals surface area contributed by atoms with Crippen molar-refractivity contribution in [2.24, 2.45) is 0 Å². The molecule has 2 aliphatic heterocycles. The van der Waals surface area contributed by atoms with Crippen LogP contribution in [0.5, 0.6) is 0 Å². The molecule has 0 radical (unpaired) electrons. The lowest BCUT2D eigenvalue weighted by Gasteiger charge is -2.26. The number of nitrogens with zero attached hydrogens (tertiary/aromatic N) is 3. The van der Waals surface area contributed by atoms with Gasteiger partial charge in [0.05, 0.1) is 0 Å². The van der Waals surface area contributed by atoms with E-state index in [-0.39, 0.29) is 0 Å². The second-order valence-electron chi connectivity index (χ2n) is 6.43. The number of hydrogen-bond acceptors (Lipinski definition) is 4. The van der Waals surface area contributed by atoms with Crippen LogP contribution in [-0.2, 0) is 19.4 Å². The van der Waals surface area contributed by atoms with Crippen LogP contribution in [0.3, 0.4) is 0 Å². The van der Waals surface area contributed by atoms with Gasteiger partial charge in [0.1, 0.15) is 11.6 Å². The van der Waals surface area contributed by atoms with E-state index in [1.807, 2.05) is 11.8 Å². The first-order chi connectivity index (χ1) is 11.4. The van der Waals surface area contributed by atoms with Crippen molar-refractivity contribution >= 4 is 11.8 Å². The van der Waals surface area contributed by atoms with Gasteiger partial charge in [0.15, 0.2) is 0 Å². The highest BCUT2D eigenvalue weighted by Crippen LogP contribution is 2.35. The maximum Gasteiger partial charge on any atom is 0.134 e. The quantitative estimate of drug-likeness (QED) is 0.934. The normalized spacial score (nSPS) is 20.6. The molecule has 1 aromatic carbocycles. The van der Waals surface area contributed by atoms with Gasteiger partial charge in [-0.15, -0.1) is 22.0 Å². The molecule has 1 aromatic heterocycles. The van der Waals surface area contributed by atoms with Crippen molar-refractivity contribution < 1.29 is 0 Å². The predicted octanol–water partition coefficient (Wildman–Crippen LogP) is 3.37. The Morgan fingerprint density at radius 1 is 1.17 bits per heavy atom. The van der Waals surface area contributed by atoms with Gasteiger partial charge in [-0.25, -0.2) is 0 Å². The van der Waals surface area contributed by atoms with E-state index < -0.39 is 0 Å². The van der Waals surface area contributed by atoms with E-state index in [2.05, 4.69) is 44.3 Å². The van der Waals surface area contributed by atoms with Crippen molar-refractivity contribution in [2.45, 2.75) is 56.0 Å². The van der Waals surface area contributed by atoms with Gasteiger partial charge in [-0.2, -0.15) is 0 Å². The predicted molar refractivity (Wildman–Crippen MR) is 93.8 cm³/mol. The van der Waals surface area contributed by atoms with E-state index in [1.54, 1.807) is 0 Å². The topological polar surface area (TPSA) is 42.7 Å². The number of nitrogens with one attached hydrogen (secondary N) is 1. The molecule has 0 bridgehead atoms. The Hall–Kier alpha value is -1.33. The molecule has 1 atom stereocenters. The average molecular weight is 328 g/mol. The van der Waals surface area contributed by atoms with Crippen LogP contribution >= 0.6 is 11.8 Å². The van der Waals surface area contributed by atoms with E-state index in [0.717, 1.165) is 31.8 Å². The monoisotopic (exact) mass is 328 g/mol. The molecule has 23 heavy (non-hydrogen) atoms. The lowest BCUT2D eigenvalue weighted by molar-refractivity contribution is 0.502. The fraction of sp³-hybridized carbons (Fsp3) is 0.556. The number of thioether (sulfide) groups is 1. The van der Waals surface area contributed by atoms with Gasteiger partial charge in [-0.05, 0) is 36.6 Å². The third kappa shape index (κ3) is 3.31. The van der Waals surface area contributed by atoms with Gasteiger partial charge in [-0.3, -0.25) is 0 Å². The molecule has 0 saturated heterocycles. The van der Waals surface area contributed by atoms with Crippen LogP contribution in [0.25, 0.3) is 0 Å². The maximum absolute atomic E-state index is 4.44. The largest absolute Gasteiger partial charge is 0.315 e. The summed E-state index contributed by atoms with van der Waals surface area (Å²) in [5.74, 6) is 3.56. The average Bonchev–Trinajstić information content (AvgIpc) is 2.82. The summed E-state index contributed by atoms with van der Waals surface area (Å²) in [7, 11) is 0. The van der Waals surface area contributed by atoms with Crippen LogP contribution in [0.4, 0.5) is 0 Å². The van der Waals surface area contributed by atoms with Crippen molar-refractivity contribution in [1.82, 2.24) is 20.1 Å². The van der Waals surface area contributed by atoms with Crippen molar-refractivity contribution in [3.05, 3.63) is 41.5 Å². The molecule has 3 heterocycles. The Morgan fingerprint density at radius 3 is 3.13 bits per heavy atom. The molecule has 2 aliphatic rings. The summed E-state index contributed by atoms with van der Waals surface area (Å²) in [5.41, 5.74) is 1.46. The fourth-order valence-corrected chi connectivity index (χ4v) is 4.77. The molecule has 0 saturated carbocycles. The molecule has 2 aromatic rings. The summed E-state index contributed by atoms with van der Waals surface area (Å²) in [6.07, 6.45) is 7.11. The third-order valence-corrected chi connectivity index (χ3v) is 6.01. The summed E-state index contributed by atoms with van der Waals surface area (Å²) in [4.78, 5) is 1.44. The smallest absolute Gasteiger partial charge is 0.134 e. The van der Waals surface area contributed by atoms with Crippen molar-refractivity contribution in [2.75, 3.05) is 12.3 Å². The van der Waals surface area contributed by atoms with Crippen LogP contribution in [0, 0.1) is 0 Å². The van der Waals surface area contributed by atoms with E-state index in [1.165, 1.54) is 47.7 Å². The minimum absolute atomic E-state index is 0.485. The first kappa shape index (κ1) is 15.2. The summed E-state index contributed by atoms with van der Waals surface area (Å²) < 4.78 is 2.36. The molecule has 5 heteroatoms. The van der Waals surface area contributed by atoms with Crippen LogP contribution in [0.15, 0.2) is 29.2 Å². The van der Waals surface area contributed by atoms with E-state index >= 15 is 0 Å². The highest BCUT2D eigenvalue weighted by atomic mass is 32.2. The minimum atomic E-state index is 0.485. The summed E-state index contributed by atoms with van der Waals surface area (Å²) >= 11 is 1.98. The summed E-state index contributed by atoms with van der Waals surface area (Å²) in [6.45, 7) is 2.07. The first-order valence-corrected chi connectivity index (χ1v) is 9.76. The minimum Gasteiger partial charge on any atom is -0.315 e. The lowest BCUT2D eigenvalue weighted by atomic mass is 10.0. The third-order valence-electron chi connectivity index (χ3n) is 4.88. The Morgan fingerprint density at radius 2 is 2.13 bits per heavy atom. The molecule has 0 spiro atoms. The molecular formula is C18H24N4S. The van der Waals surface area contributed by atoms with Crippen LogP contribution < -0.4 is 5.32 Å². The molecule has 4 rings (SSSR count). The molecule has 1 N–H and O–H groups in total. The molecule has 0 aliphatic carbocycles. The highest BCUT2D eigenvalue weighted by molar-refractivity contribution is 7.99. The second-order valence-corrected chi connectivity index (χ2v) is 7.56. The zero-order valence-electron chi connectivity index (χ0n) is 13.5. The molecule has 0 amide bonds. The van der Waals surface area contributed by atoms with Gasteiger partial charge in [0.25, 0.3) is 0 Å². The molecule has 4 nitrogen and oxygen atoms in total. The zero-order chi connectivity index (χ0) is 15.5. The van der Waals surface area contributed by atoms with Crippen LogP contribution in [0.1, 0.15) is 48.9 Å². The number of aromatic nitrogens is 3. The standard InChI is InChI=1S/C18H24N4S/c1-2-8-17-20-21-18(22(17)12-5-1)9-11-19-15-10-13-23-16-7-4-3-6-14(15)16/h3-4,6-7,15,19H,1-2,5,8-13H2/t15-/m1/s1. The van der Waals surface area contributed by atoms with Gasteiger partial charge in [0, 0.05) is 36.9 Å². The number of rotatable bonds is 4. The van der Waals surface area contributed by atoms with Crippen LogP contribution in [0.2, 0.25) is 0 Å².